The number of hydrogen-bond acceptors (Lipinski definition) is 5. The van der Waals surface area contributed by atoms with Crippen molar-refractivity contribution < 1.29 is 9.53 Å². The van der Waals surface area contributed by atoms with Gasteiger partial charge >= 0.3 is 0 Å². The van der Waals surface area contributed by atoms with Crippen LogP contribution in [0.1, 0.15) is 43.3 Å². The van der Waals surface area contributed by atoms with Crippen LogP contribution in [0.3, 0.4) is 0 Å². The number of carbonyl (C=O) groups excluding carboxylic acids is 1. The monoisotopic (exact) mass is 294 g/mol. The maximum Gasteiger partial charge on any atom is 0.178 e. The number of nitrogens with zero attached hydrogens (tertiary/aromatic N) is 1. The van der Waals surface area contributed by atoms with Gasteiger partial charge in [0.05, 0.1) is 27.3 Å². The summed E-state index contributed by atoms with van der Waals surface area (Å²) in [6.45, 7) is 7.96. The average Bonchev–Trinajstić information content (AvgIpc) is 3.09. The first-order valence-electron chi connectivity index (χ1n) is 7.22. The van der Waals surface area contributed by atoms with E-state index in [9.17, 15) is 4.79 Å². The minimum Gasteiger partial charge on any atom is -0.397 e. The molecular weight excluding hydrogens is 272 g/mol. The topological polar surface area (TPSA) is 55.6 Å². The summed E-state index contributed by atoms with van der Waals surface area (Å²) in [6, 6.07) is 1.95. The van der Waals surface area contributed by atoms with E-state index in [-0.39, 0.29) is 23.4 Å². The molecule has 110 valence electrons. The fraction of sp³-hybridized carbons (Fsp3) is 0.667. The van der Waals surface area contributed by atoms with Gasteiger partial charge in [0.15, 0.2) is 5.78 Å². The third-order valence-electron chi connectivity index (χ3n) is 3.80. The Hall–Kier alpha value is -1.07. The van der Waals surface area contributed by atoms with Gasteiger partial charge in [-0.25, -0.2) is 0 Å². The summed E-state index contributed by atoms with van der Waals surface area (Å²) in [5.74, 6) is 0.461. The number of morpholine rings is 1. The summed E-state index contributed by atoms with van der Waals surface area (Å²) in [5.41, 5.74) is 6.52. The van der Waals surface area contributed by atoms with Crippen LogP contribution in [0.15, 0.2) is 6.07 Å². The highest BCUT2D eigenvalue weighted by Crippen LogP contribution is 2.40. The molecule has 0 bridgehead atoms. The molecule has 1 unspecified atom stereocenters. The minimum atomic E-state index is -0.170. The summed E-state index contributed by atoms with van der Waals surface area (Å²) in [7, 11) is 0. The number of Topliss-reactive ketones (excluding diaryl/α,β-unsaturated/α-hetero) is 1. The van der Waals surface area contributed by atoms with Crippen molar-refractivity contribution in [3.63, 3.8) is 0 Å². The minimum absolute atomic E-state index is 0.170. The number of anilines is 2. The highest BCUT2D eigenvalue weighted by Gasteiger charge is 2.35. The Bertz CT molecular complexity index is 534. The quantitative estimate of drug-likeness (QED) is 0.871. The lowest BCUT2D eigenvalue weighted by Gasteiger charge is -2.42. The number of carbonyl (C=O) groups is 1. The van der Waals surface area contributed by atoms with Crippen LogP contribution in [0.5, 0.6) is 0 Å². The molecule has 0 aromatic carbocycles. The normalized spacial score (nSPS) is 25.8. The van der Waals surface area contributed by atoms with Crippen molar-refractivity contribution in [2.75, 3.05) is 23.7 Å². The highest BCUT2D eigenvalue weighted by atomic mass is 32.1. The Balaban J connectivity index is 1.83. The predicted octanol–water partition coefficient (Wildman–Crippen LogP) is 2.93. The molecule has 0 spiro atoms. The second-order valence-corrected chi connectivity index (χ2v) is 7.61. The first kappa shape index (κ1) is 13.9. The molecule has 1 aliphatic heterocycles. The Kier molecular flexibility index (Phi) is 3.29. The molecule has 2 heterocycles. The van der Waals surface area contributed by atoms with Crippen LogP contribution in [0.2, 0.25) is 0 Å². The van der Waals surface area contributed by atoms with E-state index in [0.717, 1.165) is 35.8 Å². The van der Waals surface area contributed by atoms with Gasteiger partial charge in [-0.3, -0.25) is 4.79 Å². The molecular formula is C15H22N2O2S. The van der Waals surface area contributed by atoms with Crippen molar-refractivity contribution >= 4 is 27.8 Å². The SMILES string of the molecule is CC1CN(c2cc(N)c(C(=O)C3CC3)s2)CC(C)(C)O1. The van der Waals surface area contributed by atoms with Crippen LogP contribution >= 0.6 is 11.3 Å². The van der Waals surface area contributed by atoms with Gasteiger partial charge in [0.2, 0.25) is 0 Å². The molecule has 0 radical (unpaired) electrons. The number of nitrogen functional groups attached to an aromatic ring is 1. The van der Waals surface area contributed by atoms with Gasteiger partial charge in [0, 0.05) is 19.0 Å². The summed E-state index contributed by atoms with van der Waals surface area (Å²) in [6.07, 6.45) is 2.23. The van der Waals surface area contributed by atoms with Gasteiger partial charge in [-0.15, -0.1) is 11.3 Å². The summed E-state index contributed by atoms with van der Waals surface area (Å²) in [5, 5.41) is 1.09. The lowest BCUT2D eigenvalue weighted by Crippen LogP contribution is -2.51. The number of thiophene rings is 1. The van der Waals surface area contributed by atoms with E-state index in [4.69, 9.17) is 10.5 Å². The summed E-state index contributed by atoms with van der Waals surface area (Å²) >= 11 is 1.54. The van der Waals surface area contributed by atoms with Gasteiger partial charge in [-0.1, -0.05) is 0 Å². The molecule has 2 N–H and O–H groups in total. The van der Waals surface area contributed by atoms with Gasteiger partial charge in [0.25, 0.3) is 0 Å². The molecule has 1 aromatic rings. The zero-order chi connectivity index (χ0) is 14.5. The van der Waals surface area contributed by atoms with Crippen molar-refractivity contribution in [3.05, 3.63) is 10.9 Å². The molecule has 2 fully saturated rings. The Labute approximate surface area is 123 Å². The largest absolute Gasteiger partial charge is 0.397 e. The van der Waals surface area contributed by atoms with Crippen LogP contribution in [0.25, 0.3) is 0 Å². The molecule has 2 aliphatic rings. The lowest BCUT2D eigenvalue weighted by molar-refractivity contribution is -0.0748. The molecule has 1 aromatic heterocycles. The Morgan fingerprint density at radius 3 is 2.80 bits per heavy atom. The van der Waals surface area contributed by atoms with E-state index in [1.807, 2.05) is 6.07 Å². The molecule has 1 aliphatic carbocycles. The zero-order valence-corrected chi connectivity index (χ0v) is 13.1. The average molecular weight is 294 g/mol. The second-order valence-electron chi connectivity index (χ2n) is 6.58. The van der Waals surface area contributed by atoms with Crippen LogP contribution in [0.4, 0.5) is 10.7 Å². The molecule has 20 heavy (non-hydrogen) atoms. The summed E-state index contributed by atoms with van der Waals surface area (Å²) in [4.78, 5) is 15.2. The molecule has 1 atom stereocenters. The first-order chi connectivity index (χ1) is 9.35. The van der Waals surface area contributed by atoms with E-state index in [2.05, 4.69) is 25.7 Å². The third kappa shape index (κ3) is 2.69. The molecule has 1 saturated carbocycles. The van der Waals surface area contributed by atoms with Crippen LogP contribution < -0.4 is 10.6 Å². The van der Waals surface area contributed by atoms with E-state index in [1.165, 1.54) is 0 Å². The highest BCUT2D eigenvalue weighted by molar-refractivity contribution is 7.18. The molecule has 4 nitrogen and oxygen atoms in total. The molecule has 1 saturated heterocycles. The van der Waals surface area contributed by atoms with E-state index < -0.39 is 0 Å². The number of ether oxygens (including phenoxy) is 1. The molecule has 5 heteroatoms. The van der Waals surface area contributed by atoms with E-state index in [1.54, 1.807) is 11.3 Å². The Morgan fingerprint density at radius 1 is 1.50 bits per heavy atom. The lowest BCUT2D eigenvalue weighted by atomic mass is 10.1. The number of nitrogens with two attached hydrogens (primary N) is 1. The molecule has 0 amide bonds. The standard InChI is InChI=1S/C15H22N2O2S/c1-9-7-17(8-15(2,3)19-9)12-6-11(16)14(20-12)13(18)10-4-5-10/h6,9-10H,4-5,7-8,16H2,1-3H3. The smallest absolute Gasteiger partial charge is 0.178 e. The van der Waals surface area contributed by atoms with Gasteiger partial charge < -0.3 is 15.4 Å². The van der Waals surface area contributed by atoms with E-state index in [0.29, 0.717) is 5.69 Å². The van der Waals surface area contributed by atoms with Crippen molar-refractivity contribution in [3.8, 4) is 0 Å². The first-order valence-corrected chi connectivity index (χ1v) is 8.04. The van der Waals surface area contributed by atoms with Gasteiger partial charge in [-0.2, -0.15) is 0 Å². The van der Waals surface area contributed by atoms with Crippen LogP contribution in [-0.4, -0.2) is 30.6 Å². The van der Waals surface area contributed by atoms with Crippen molar-refractivity contribution in [2.24, 2.45) is 5.92 Å². The van der Waals surface area contributed by atoms with Crippen LogP contribution in [0, 0.1) is 5.92 Å². The fourth-order valence-electron chi connectivity index (χ4n) is 2.89. The summed E-state index contributed by atoms with van der Waals surface area (Å²) < 4.78 is 5.92. The van der Waals surface area contributed by atoms with E-state index >= 15 is 0 Å². The van der Waals surface area contributed by atoms with Crippen LogP contribution in [-0.2, 0) is 4.74 Å². The zero-order valence-electron chi connectivity index (χ0n) is 12.3. The van der Waals surface area contributed by atoms with Crippen molar-refractivity contribution in [1.82, 2.24) is 0 Å². The Morgan fingerprint density at radius 2 is 2.20 bits per heavy atom. The third-order valence-corrected chi connectivity index (χ3v) is 5.03. The maximum absolute atomic E-state index is 12.2. The van der Waals surface area contributed by atoms with Gasteiger partial charge in [-0.05, 0) is 39.7 Å². The predicted molar refractivity (Wildman–Crippen MR) is 82.6 cm³/mol. The maximum atomic E-state index is 12.2. The second kappa shape index (κ2) is 4.74. The molecule has 3 rings (SSSR count). The fourth-order valence-corrected chi connectivity index (χ4v) is 4.00. The van der Waals surface area contributed by atoms with Crippen molar-refractivity contribution in [2.45, 2.75) is 45.3 Å². The number of rotatable bonds is 3. The van der Waals surface area contributed by atoms with Crippen molar-refractivity contribution in [1.29, 1.82) is 0 Å². The number of hydrogen-bond donors (Lipinski definition) is 1. The van der Waals surface area contributed by atoms with Gasteiger partial charge in [0.1, 0.15) is 0 Å². The number of ketones is 1.